The van der Waals surface area contributed by atoms with Gasteiger partial charge in [-0.15, -0.1) is 0 Å². The predicted molar refractivity (Wildman–Crippen MR) is 111 cm³/mol. The summed E-state index contributed by atoms with van der Waals surface area (Å²) in [6.07, 6.45) is 0.811. The van der Waals surface area contributed by atoms with Gasteiger partial charge in [0.2, 0.25) is 5.76 Å². The summed E-state index contributed by atoms with van der Waals surface area (Å²) in [6.45, 7) is 9.47. The van der Waals surface area contributed by atoms with Crippen molar-refractivity contribution >= 4 is 16.9 Å². The van der Waals surface area contributed by atoms with Crippen molar-refractivity contribution in [1.29, 1.82) is 0 Å². The minimum absolute atomic E-state index is 0.135. The molecule has 1 amide bonds. The van der Waals surface area contributed by atoms with Crippen LogP contribution in [0.3, 0.4) is 0 Å². The fourth-order valence-corrected chi connectivity index (χ4v) is 4.10. The van der Waals surface area contributed by atoms with Gasteiger partial charge in [0.1, 0.15) is 23.1 Å². The van der Waals surface area contributed by atoms with Crippen LogP contribution in [0.4, 0.5) is 0 Å². The first-order valence-corrected chi connectivity index (χ1v) is 10.2. The monoisotopic (exact) mass is 394 g/mol. The number of hydrogen-bond donors (Lipinski definition) is 0. The quantitative estimate of drug-likeness (QED) is 0.607. The number of rotatable bonds is 7. The lowest BCUT2D eigenvalue weighted by Crippen LogP contribution is -2.33. The Morgan fingerprint density at radius 1 is 1.03 bits per heavy atom. The number of hydrogen-bond acceptors (Lipinski definition) is 5. The molecule has 29 heavy (non-hydrogen) atoms. The van der Waals surface area contributed by atoms with Gasteiger partial charge in [-0.05, 0) is 57.2 Å². The molecule has 4 rings (SSSR count). The molecule has 0 spiro atoms. The lowest BCUT2D eigenvalue weighted by Gasteiger charge is -2.25. The van der Waals surface area contributed by atoms with Crippen LogP contribution in [0.5, 0.6) is 0 Å². The van der Waals surface area contributed by atoms with Crippen LogP contribution in [0.1, 0.15) is 53.9 Å². The van der Waals surface area contributed by atoms with Crippen LogP contribution in [0.25, 0.3) is 11.0 Å². The van der Waals surface area contributed by atoms with E-state index in [4.69, 9.17) is 8.83 Å². The Hall–Kier alpha value is -2.86. The Balaban J connectivity index is 1.77. The van der Waals surface area contributed by atoms with Gasteiger partial charge in [0, 0.05) is 6.54 Å². The van der Waals surface area contributed by atoms with Crippen molar-refractivity contribution in [3.05, 3.63) is 69.5 Å². The zero-order chi connectivity index (χ0) is 20.5. The minimum atomic E-state index is -0.552. The van der Waals surface area contributed by atoms with E-state index in [-0.39, 0.29) is 17.1 Å². The highest BCUT2D eigenvalue weighted by Crippen LogP contribution is 2.38. The molecule has 152 valence electrons. The predicted octanol–water partition coefficient (Wildman–Crippen LogP) is 3.97. The second-order valence-corrected chi connectivity index (χ2v) is 7.40. The summed E-state index contributed by atoms with van der Waals surface area (Å²) in [4.78, 5) is 30.6. The normalized spacial score (nSPS) is 16.2. The third-order valence-corrected chi connectivity index (χ3v) is 5.67. The maximum Gasteiger partial charge on any atom is 0.291 e. The average molecular weight is 394 g/mol. The van der Waals surface area contributed by atoms with Gasteiger partial charge in [-0.3, -0.25) is 9.59 Å². The van der Waals surface area contributed by atoms with Gasteiger partial charge in [0.05, 0.1) is 10.9 Å². The first kappa shape index (κ1) is 19.5. The Morgan fingerprint density at radius 2 is 1.79 bits per heavy atom. The lowest BCUT2D eigenvalue weighted by atomic mass is 10.0. The fourth-order valence-electron chi connectivity index (χ4n) is 4.10. The summed E-state index contributed by atoms with van der Waals surface area (Å²) in [5.41, 5.74) is 0.648. The molecule has 0 fully saturated rings. The van der Waals surface area contributed by atoms with E-state index in [2.05, 4.69) is 18.7 Å². The Labute approximate surface area is 169 Å². The molecular formula is C23H26N2O4. The van der Waals surface area contributed by atoms with Gasteiger partial charge < -0.3 is 18.6 Å². The summed E-state index contributed by atoms with van der Waals surface area (Å²) in [5.74, 6) is 1.23. The Kier molecular flexibility index (Phi) is 5.28. The molecular weight excluding hydrogens is 368 g/mol. The summed E-state index contributed by atoms with van der Waals surface area (Å²) < 4.78 is 11.8. The number of fused-ring (bicyclic) bond motifs is 2. The molecule has 2 aromatic heterocycles. The van der Waals surface area contributed by atoms with E-state index in [1.807, 2.05) is 19.1 Å². The van der Waals surface area contributed by atoms with E-state index in [9.17, 15) is 9.59 Å². The molecule has 1 unspecified atom stereocenters. The van der Waals surface area contributed by atoms with Crippen LogP contribution in [0.15, 0.2) is 50.0 Å². The molecule has 1 aliphatic heterocycles. The van der Waals surface area contributed by atoms with Gasteiger partial charge >= 0.3 is 0 Å². The SMILES string of the molecule is CCN(CC)CCCN1C(=O)c2oc3ccccc3c(=O)c2C1c1ccc(C)o1. The maximum atomic E-state index is 13.3. The largest absolute Gasteiger partial charge is 0.464 e. The molecule has 6 nitrogen and oxygen atoms in total. The summed E-state index contributed by atoms with van der Waals surface area (Å²) >= 11 is 0. The molecule has 6 heteroatoms. The smallest absolute Gasteiger partial charge is 0.291 e. The van der Waals surface area contributed by atoms with E-state index in [0.29, 0.717) is 28.8 Å². The van der Waals surface area contributed by atoms with Crippen LogP contribution in [-0.2, 0) is 0 Å². The highest BCUT2D eigenvalue weighted by Gasteiger charge is 2.43. The topological polar surface area (TPSA) is 66.9 Å². The van der Waals surface area contributed by atoms with Crippen molar-refractivity contribution in [2.75, 3.05) is 26.2 Å². The standard InChI is InChI=1S/C23H26N2O4/c1-4-24(5-2)13-8-14-25-20(18-12-11-15(3)28-18)19-21(26)16-9-6-7-10-17(16)29-22(19)23(25)27/h6-7,9-12,20H,4-5,8,13-14H2,1-3H3. The molecule has 0 N–H and O–H groups in total. The average Bonchev–Trinajstić information content (AvgIpc) is 3.27. The zero-order valence-electron chi connectivity index (χ0n) is 17.1. The third-order valence-electron chi connectivity index (χ3n) is 5.67. The van der Waals surface area contributed by atoms with Crippen LogP contribution in [0, 0.1) is 6.92 Å². The van der Waals surface area contributed by atoms with Crippen molar-refractivity contribution in [2.45, 2.75) is 33.2 Å². The van der Waals surface area contributed by atoms with Gasteiger partial charge in [-0.25, -0.2) is 0 Å². The number of carbonyl (C=O) groups excluding carboxylic acids is 1. The first-order chi connectivity index (χ1) is 14.0. The summed E-state index contributed by atoms with van der Waals surface area (Å²) in [6, 6.07) is 10.2. The van der Waals surface area contributed by atoms with Crippen molar-refractivity contribution in [2.24, 2.45) is 0 Å². The van der Waals surface area contributed by atoms with E-state index in [1.165, 1.54) is 0 Å². The Bertz CT molecular complexity index is 1090. The van der Waals surface area contributed by atoms with E-state index >= 15 is 0 Å². The molecule has 0 radical (unpaired) electrons. The molecule has 3 heterocycles. The molecule has 0 aliphatic carbocycles. The van der Waals surface area contributed by atoms with E-state index < -0.39 is 6.04 Å². The summed E-state index contributed by atoms with van der Waals surface area (Å²) in [5, 5.41) is 0.484. The lowest BCUT2D eigenvalue weighted by molar-refractivity contribution is 0.0706. The van der Waals surface area contributed by atoms with Crippen LogP contribution < -0.4 is 5.43 Å². The fraction of sp³-hybridized carbons (Fsp3) is 0.391. The Morgan fingerprint density at radius 3 is 2.48 bits per heavy atom. The number of furan rings is 1. The molecule has 1 aromatic carbocycles. The number of nitrogens with zero attached hydrogens (tertiary/aromatic N) is 2. The molecule has 1 aliphatic rings. The second-order valence-electron chi connectivity index (χ2n) is 7.40. The first-order valence-electron chi connectivity index (χ1n) is 10.2. The van der Waals surface area contributed by atoms with Gasteiger partial charge in [-0.1, -0.05) is 26.0 Å². The minimum Gasteiger partial charge on any atom is -0.464 e. The highest BCUT2D eigenvalue weighted by atomic mass is 16.4. The van der Waals surface area contributed by atoms with Crippen molar-refractivity contribution in [1.82, 2.24) is 9.80 Å². The van der Waals surface area contributed by atoms with Gasteiger partial charge in [0.15, 0.2) is 5.43 Å². The van der Waals surface area contributed by atoms with Crippen LogP contribution >= 0.6 is 0 Å². The van der Waals surface area contributed by atoms with Crippen molar-refractivity contribution in [3.8, 4) is 0 Å². The molecule has 0 bridgehead atoms. The van der Waals surface area contributed by atoms with E-state index in [0.717, 1.165) is 31.8 Å². The van der Waals surface area contributed by atoms with Crippen LogP contribution in [-0.4, -0.2) is 41.9 Å². The number of amides is 1. The van der Waals surface area contributed by atoms with Gasteiger partial charge in [-0.2, -0.15) is 0 Å². The highest BCUT2D eigenvalue weighted by molar-refractivity contribution is 5.98. The molecule has 1 atom stereocenters. The second kappa shape index (κ2) is 7.87. The summed E-state index contributed by atoms with van der Waals surface area (Å²) in [7, 11) is 0. The molecule has 3 aromatic rings. The zero-order valence-corrected chi connectivity index (χ0v) is 17.1. The molecule has 0 saturated heterocycles. The number of para-hydroxylation sites is 1. The van der Waals surface area contributed by atoms with Gasteiger partial charge in [0.25, 0.3) is 5.91 Å². The van der Waals surface area contributed by atoms with Crippen molar-refractivity contribution < 1.29 is 13.6 Å². The van der Waals surface area contributed by atoms with Crippen LogP contribution in [0.2, 0.25) is 0 Å². The van der Waals surface area contributed by atoms with E-state index in [1.54, 1.807) is 29.2 Å². The maximum absolute atomic E-state index is 13.3. The number of aryl methyl sites for hydroxylation is 1. The number of benzene rings is 1. The van der Waals surface area contributed by atoms with Crippen molar-refractivity contribution in [3.63, 3.8) is 0 Å². The number of carbonyl (C=O) groups is 1. The molecule has 0 saturated carbocycles. The third kappa shape index (κ3) is 3.38.